The van der Waals surface area contributed by atoms with Gasteiger partial charge in [-0.2, -0.15) is 5.10 Å². The number of nitrogens with zero attached hydrogens (tertiary/aromatic N) is 2. The Morgan fingerprint density at radius 2 is 2.60 bits per heavy atom. The summed E-state index contributed by atoms with van der Waals surface area (Å²) in [6, 6.07) is -0.471. The van der Waals surface area contributed by atoms with E-state index < -0.39 is 12.0 Å². The first-order valence-electron chi connectivity index (χ1n) is 4.37. The third-order valence-electron chi connectivity index (χ3n) is 2.27. The highest BCUT2D eigenvalue weighted by molar-refractivity contribution is 9.10. The molecule has 0 aromatic carbocycles. The summed E-state index contributed by atoms with van der Waals surface area (Å²) in [6.07, 6.45) is 1.71. The van der Waals surface area contributed by atoms with Crippen LogP contribution in [0.3, 0.4) is 0 Å². The lowest BCUT2D eigenvalue weighted by atomic mass is 10.3. The number of aryl methyl sites for hydroxylation is 1. The lowest BCUT2D eigenvalue weighted by Crippen LogP contribution is -2.34. The van der Waals surface area contributed by atoms with E-state index >= 15 is 0 Å². The van der Waals surface area contributed by atoms with Crippen LogP contribution in [0.25, 0.3) is 0 Å². The normalized spacial score (nSPS) is 25.7. The van der Waals surface area contributed by atoms with Crippen molar-refractivity contribution in [3.8, 4) is 0 Å². The average molecular weight is 292 g/mol. The summed E-state index contributed by atoms with van der Waals surface area (Å²) in [5.41, 5.74) is 0.976. The highest BCUT2D eigenvalue weighted by atomic mass is 79.9. The van der Waals surface area contributed by atoms with E-state index in [0.29, 0.717) is 5.75 Å². The summed E-state index contributed by atoms with van der Waals surface area (Å²) < 4.78 is 2.65. The molecule has 15 heavy (non-hydrogen) atoms. The predicted octanol–water partition coefficient (Wildman–Crippen LogP) is 0.971. The molecule has 82 valence electrons. The first-order valence-corrected chi connectivity index (χ1v) is 6.21. The molecule has 1 aliphatic rings. The average Bonchev–Trinajstić information content (AvgIpc) is 2.73. The first-order chi connectivity index (χ1) is 7.09. The molecular formula is C8H10BrN3O2S. The van der Waals surface area contributed by atoms with Gasteiger partial charge in [0.15, 0.2) is 0 Å². The molecule has 2 unspecified atom stereocenters. The minimum atomic E-state index is -0.803. The van der Waals surface area contributed by atoms with E-state index in [0.717, 1.165) is 10.2 Å². The number of halogens is 1. The second kappa shape index (κ2) is 4.15. The molecule has 2 atom stereocenters. The smallest absolute Gasteiger partial charge is 0.321 e. The van der Waals surface area contributed by atoms with Gasteiger partial charge in [-0.1, -0.05) is 0 Å². The summed E-state index contributed by atoms with van der Waals surface area (Å²) in [5, 5.41) is 16.0. The Kier molecular flexibility index (Phi) is 3.03. The number of carboxylic acid groups (broad SMARTS) is 1. The van der Waals surface area contributed by atoms with Crippen molar-refractivity contribution in [3.05, 3.63) is 16.4 Å². The second-order valence-electron chi connectivity index (χ2n) is 3.27. The molecule has 0 amide bonds. The van der Waals surface area contributed by atoms with Gasteiger partial charge in [0.2, 0.25) is 0 Å². The number of aliphatic carboxylic acids is 1. The number of aromatic nitrogens is 2. The maximum atomic E-state index is 10.8. The molecule has 0 spiro atoms. The van der Waals surface area contributed by atoms with Gasteiger partial charge in [0.05, 0.1) is 21.7 Å². The zero-order chi connectivity index (χ0) is 11.0. The fourth-order valence-electron chi connectivity index (χ4n) is 1.49. The molecule has 0 radical (unpaired) electrons. The number of thioether (sulfide) groups is 1. The van der Waals surface area contributed by atoms with Crippen molar-refractivity contribution in [1.82, 2.24) is 15.1 Å². The van der Waals surface area contributed by atoms with E-state index in [1.165, 1.54) is 0 Å². The minimum Gasteiger partial charge on any atom is -0.480 e. The third-order valence-corrected chi connectivity index (χ3v) is 4.10. The van der Waals surface area contributed by atoms with Gasteiger partial charge < -0.3 is 5.11 Å². The van der Waals surface area contributed by atoms with Crippen LogP contribution in [0.4, 0.5) is 0 Å². The number of carboxylic acids is 1. The van der Waals surface area contributed by atoms with E-state index in [-0.39, 0.29) is 5.37 Å². The van der Waals surface area contributed by atoms with Crippen LogP contribution in [0, 0.1) is 0 Å². The van der Waals surface area contributed by atoms with Crippen LogP contribution in [-0.4, -0.2) is 32.7 Å². The van der Waals surface area contributed by atoms with Crippen molar-refractivity contribution in [2.75, 3.05) is 5.75 Å². The van der Waals surface area contributed by atoms with E-state index in [9.17, 15) is 4.79 Å². The molecule has 0 saturated carbocycles. The van der Waals surface area contributed by atoms with E-state index in [4.69, 9.17) is 5.11 Å². The zero-order valence-corrected chi connectivity index (χ0v) is 10.4. The molecule has 2 rings (SSSR count). The Hall–Kier alpha value is -0.530. The fraction of sp³-hybridized carbons (Fsp3) is 0.500. The molecule has 1 aliphatic heterocycles. The maximum Gasteiger partial charge on any atom is 0.321 e. The monoisotopic (exact) mass is 291 g/mol. The summed E-state index contributed by atoms with van der Waals surface area (Å²) in [6.45, 7) is 0. The van der Waals surface area contributed by atoms with Gasteiger partial charge in [-0.15, -0.1) is 11.8 Å². The Morgan fingerprint density at radius 1 is 1.87 bits per heavy atom. The van der Waals surface area contributed by atoms with Gasteiger partial charge in [-0.05, 0) is 15.9 Å². The van der Waals surface area contributed by atoms with Gasteiger partial charge in [0.25, 0.3) is 0 Å². The van der Waals surface area contributed by atoms with Crippen LogP contribution in [0.15, 0.2) is 10.7 Å². The Morgan fingerprint density at radius 3 is 3.07 bits per heavy atom. The maximum absolute atomic E-state index is 10.8. The number of nitrogens with one attached hydrogen (secondary N) is 1. The molecule has 1 fully saturated rings. The first kappa shape index (κ1) is 11.0. The summed E-state index contributed by atoms with van der Waals surface area (Å²) in [5.74, 6) is -0.222. The molecule has 1 saturated heterocycles. The molecule has 2 heterocycles. The van der Waals surface area contributed by atoms with Crippen molar-refractivity contribution in [3.63, 3.8) is 0 Å². The van der Waals surface area contributed by atoms with Crippen LogP contribution in [0.1, 0.15) is 11.1 Å². The van der Waals surface area contributed by atoms with Gasteiger partial charge >= 0.3 is 5.97 Å². The second-order valence-corrected chi connectivity index (χ2v) is 5.26. The van der Waals surface area contributed by atoms with Gasteiger partial charge in [0.1, 0.15) is 6.04 Å². The quantitative estimate of drug-likeness (QED) is 0.850. The Balaban J connectivity index is 2.17. The molecule has 2 N–H and O–H groups in total. The lowest BCUT2D eigenvalue weighted by molar-refractivity contribution is -0.138. The minimum absolute atomic E-state index is 0.00650. The molecular weight excluding hydrogens is 282 g/mol. The summed E-state index contributed by atoms with van der Waals surface area (Å²) in [4.78, 5) is 10.8. The van der Waals surface area contributed by atoms with Crippen LogP contribution in [0.2, 0.25) is 0 Å². The van der Waals surface area contributed by atoms with Crippen molar-refractivity contribution < 1.29 is 9.90 Å². The molecule has 1 aromatic rings. The number of hydrogen-bond donors (Lipinski definition) is 2. The van der Waals surface area contributed by atoms with E-state index in [1.54, 1.807) is 22.6 Å². The van der Waals surface area contributed by atoms with Gasteiger partial charge in [-0.3, -0.25) is 14.8 Å². The Labute approximate surface area is 99.4 Å². The summed E-state index contributed by atoms with van der Waals surface area (Å²) in [7, 11) is 1.84. The highest BCUT2D eigenvalue weighted by Crippen LogP contribution is 2.36. The van der Waals surface area contributed by atoms with Crippen molar-refractivity contribution in [2.45, 2.75) is 11.4 Å². The standard InChI is InChI=1S/C8H10BrN3O2S/c1-12-6(4(9)2-10-12)7-11-5(3-15-7)8(13)14/h2,5,7,11H,3H2,1H3,(H,13,14). The molecule has 0 aliphatic carbocycles. The molecule has 5 nitrogen and oxygen atoms in total. The number of hydrogen-bond acceptors (Lipinski definition) is 4. The largest absolute Gasteiger partial charge is 0.480 e. The van der Waals surface area contributed by atoms with Crippen LogP contribution < -0.4 is 5.32 Å². The van der Waals surface area contributed by atoms with Crippen molar-refractivity contribution in [1.29, 1.82) is 0 Å². The van der Waals surface area contributed by atoms with Crippen molar-refractivity contribution in [2.24, 2.45) is 7.05 Å². The van der Waals surface area contributed by atoms with Crippen LogP contribution >= 0.6 is 27.7 Å². The van der Waals surface area contributed by atoms with Crippen molar-refractivity contribution >= 4 is 33.7 Å². The van der Waals surface area contributed by atoms with E-state index in [1.807, 2.05) is 7.05 Å². The molecule has 7 heteroatoms. The van der Waals surface area contributed by atoms with Crippen LogP contribution in [0.5, 0.6) is 0 Å². The number of carbonyl (C=O) groups is 1. The predicted molar refractivity (Wildman–Crippen MR) is 60.7 cm³/mol. The zero-order valence-electron chi connectivity index (χ0n) is 7.98. The van der Waals surface area contributed by atoms with Gasteiger partial charge in [-0.25, -0.2) is 0 Å². The lowest BCUT2D eigenvalue weighted by Gasteiger charge is -2.11. The van der Waals surface area contributed by atoms with Crippen LogP contribution in [-0.2, 0) is 11.8 Å². The molecule has 0 bridgehead atoms. The number of rotatable bonds is 2. The third kappa shape index (κ3) is 2.04. The van der Waals surface area contributed by atoms with E-state index in [2.05, 4.69) is 26.3 Å². The fourth-order valence-corrected chi connectivity index (χ4v) is 3.54. The highest BCUT2D eigenvalue weighted by Gasteiger charge is 2.32. The molecule has 1 aromatic heterocycles. The summed E-state index contributed by atoms with van der Waals surface area (Å²) >= 11 is 4.98. The SMILES string of the molecule is Cn1ncc(Br)c1C1NC(C(=O)O)CS1. The Bertz CT molecular complexity index is 376. The van der Waals surface area contributed by atoms with Gasteiger partial charge in [0, 0.05) is 12.8 Å². The topological polar surface area (TPSA) is 67.2 Å².